The molecule has 200 valence electrons. The number of tetrazole rings is 1. The van der Waals surface area contributed by atoms with Crippen molar-refractivity contribution >= 4 is 11.6 Å². The zero-order chi connectivity index (χ0) is 26.3. The number of nitrogens with zero attached hydrogens (tertiary/aromatic N) is 6. The van der Waals surface area contributed by atoms with Crippen LogP contribution < -0.4 is 5.69 Å². The van der Waals surface area contributed by atoms with Crippen LogP contribution >= 0.6 is 11.6 Å². The lowest BCUT2D eigenvalue weighted by Gasteiger charge is -2.21. The summed E-state index contributed by atoms with van der Waals surface area (Å²) in [5.74, 6) is 1.33. The highest BCUT2D eigenvalue weighted by Crippen LogP contribution is 2.28. The molecule has 0 saturated heterocycles. The molecule has 0 bridgehead atoms. The standard InChI is InChI=1S/C29H36ClN7O/c1-2-3-5-10-26-27(30)36(18-17-21-8-6-4-7-9-21)29(38)37(26)20-22-11-16-25(31-19-22)23-12-14-24(15-13-23)28-32-34-35-33-28/h11-16,19,21H,2-10,17-18,20H2,1H3,(H,32,33,34,35). The predicted molar refractivity (Wildman–Crippen MR) is 150 cm³/mol. The van der Waals surface area contributed by atoms with Crippen molar-refractivity contribution in [3.63, 3.8) is 0 Å². The van der Waals surface area contributed by atoms with Crippen molar-refractivity contribution in [3.8, 4) is 22.6 Å². The summed E-state index contributed by atoms with van der Waals surface area (Å²) in [4.78, 5) is 18.2. The third-order valence-electron chi connectivity index (χ3n) is 7.73. The van der Waals surface area contributed by atoms with Gasteiger partial charge in [-0.25, -0.2) is 9.89 Å². The van der Waals surface area contributed by atoms with Crippen LogP contribution in [0.3, 0.4) is 0 Å². The number of pyridine rings is 1. The fraction of sp³-hybridized carbons (Fsp3) is 0.483. The maximum Gasteiger partial charge on any atom is 0.329 e. The first-order valence-corrected chi connectivity index (χ1v) is 14.3. The van der Waals surface area contributed by atoms with E-state index in [1.165, 1.54) is 32.1 Å². The normalized spacial score (nSPS) is 14.3. The van der Waals surface area contributed by atoms with Gasteiger partial charge in [-0.05, 0) is 47.2 Å². The van der Waals surface area contributed by atoms with E-state index in [0.717, 1.165) is 60.2 Å². The molecule has 1 aliphatic rings. The number of rotatable bonds is 11. The van der Waals surface area contributed by atoms with Crippen LogP contribution in [-0.2, 0) is 19.5 Å². The highest BCUT2D eigenvalue weighted by Gasteiger charge is 2.20. The quantitative estimate of drug-likeness (QED) is 0.228. The van der Waals surface area contributed by atoms with Crippen LogP contribution in [0.5, 0.6) is 0 Å². The molecule has 0 amide bonds. The number of hydrogen-bond acceptors (Lipinski definition) is 5. The SMILES string of the molecule is CCCCCc1c(Cl)n(CCC2CCCCC2)c(=O)n1Cc1ccc(-c2ccc(-c3nnn[nH]3)cc2)nc1. The van der Waals surface area contributed by atoms with Gasteiger partial charge in [0.15, 0.2) is 5.82 Å². The first-order valence-electron chi connectivity index (χ1n) is 13.9. The Hall–Kier alpha value is -3.26. The number of H-pyrrole nitrogens is 1. The number of aromatic nitrogens is 7. The summed E-state index contributed by atoms with van der Waals surface area (Å²) in [6.07, 6.45) is 13.5. The van der Waals surface area contributed by atoms with Crippen LogP contribution in [-0.4, -0.2) is 34.7 Å². The molecule has 38 heavy (non-hydrogen) atoms. The van der Waals surface area contributed by atoms with Crippen molar-refractivity contribution in [3.05, 3.63) is 69.5 Å². The number of halogens is 1. The highest BCUT2D eigenvalue weighted by atomic mass is 35.5. The van der Waals surface area contributed by atoms with Crippen LogP contribution in [0.25, 0.3) is 22.6 Å². The fourth-order valence-electron chi connectivity index (χ4n) is 5.49. The van der Waals surface area contributed by atoms with Crippen molar-refractivity contribution in [2.24, 2.45) is 5.92 Å². The summed E-state index contributed by atoms with van der Waals surface area (Å²) < 4.78 is 3.68. The third-order valence-corrected chi connectivity index (χ3v) is 8.15. The van der Waals surface area contributed by atoms with E-state index in [9.17, 15) is 4.79 Å². The Bertz CT molecular complexity index is 1350. The average Bonchev–Trinajstić information content (AvgIpc) is 3.57. The van der Waals surface area contributed by atoms with E-state index >= 15 is 0 Å². The molecule has 0 unspecified atom stereocenters. The van der Waals surface area contributed by atoms with Crippen LogP contribution in [0, 0.1) is 5.92 Å². The first kappa shape index (κ1) is 26.4. The minimum Gasteiger partial charge on any atom is -0.290 e. The molecule has 8 nitrogen and oxygen atoms in total. The molecule has 0 aliphatic heterocycles. The topological polar surface area (TPSA) is 94.3 Å². The highest BCUT2D eigenvalue weighted by molar-refractivity contribution is 6.30. The van der Waals surface area contributed by atoms with Crippen LogP contribution in [0.1, 0.15) is 76.0 Å². The van der Waals surface area contributed by atoms with Gasteiger partial charge in [-0.1, -0.05) is 93.8 Å². The minimum atomic E-state index is -0.00104. The average molecular weight is 534 g/mol. The van der Waals surface area contributed by atoms with Crippen molar-refractivity contribution in [1.29, 1.82) is 0 Å². The predicted octanol–water partition coefficient (Wildman–Crippen LogP) is 6.30. The molecule has 0 atom stereocenters. The molecule has 0 radical (unpaired) electrons. The van der Waals surface area contributed by atoms with Crippen LogP contribution in [0.4, 0.5) is 0 Å². The Labute approximate surface area is 228 Å². The van der Waals surface area contributed by atoms with E-state index in [4.69, 9.17) is 16.6 Å². The summed E-state index contributed by atoms with van der Waals surface area (Å²) >= 11 is 6.86. The molecule has 1 fully saturated rings. The van der Waals surface area contributed by atoms with E-state index in [1.54, 1.807) is 0 Å². The smallest absolute Gasteiger partial charge is 0.290 e. The third kappa shape index (κ3) is 6.07. The second-order valence-corrected chi connectivity index (χ2v) is 10.7. The fourth-order valence-corrected chi connectivity index (χ4v) is 5.84. The van der Waals surface area contributed by atoms with Gasteiger partial charge in [-0.3, -0.25) is 14.1 Å². The number of nitrogens with one attached hydrogen (secondary N) is 1. The van der Waals surface area contributed by atoms with E-state index in [1.807, 2.05) is 51.7 Å². The Morgan fingerprint density at radius 1 is 1.00 bits per heavy atom. The Balaban J connectivity index is 1.33. The van der Waals surface area contributed by atoms with Crippen LogP contribution in [0.2, 0.25) is 5.15 Å². The van der Waals surface area contributed by atoms with E-state index < -0.39 is 0 Å². The van der Waals surface area contributed by atoms with Gasteiger partial charge in [-0.2, -0.15) is 0 Å². The van der Waals surface area contributed by atoms with Crippen molar-refractivity contribution in [1.82, 2.24) is 34.7 Å². The monoisotopic (exact) mass is 533 g/mol. The molecule has 1 aliphatic carbocycles. The molecule has 5 rings (SSSR count). The van der Waals surface area contributed by atoms with E-state index in [-0.39, 0.29) is 5.69 Å². The van der Waals surface area contributed by atoms with E-state index in [0.29, 0.717) is 30.0 Å². The zero-order valence-corrected chi connectivity index (χ0v) is 22.8. The van der Waals surface area contributed by atoms with Gasteiger partial charge < -0.3 is 0 Å². The molecule has 4 aromatic rings. The molecule has 0 spiro atoms. The van der Waals surface area contributed by atoms with Crippen molar-refractivity contribution in [2.75, 3.05) is 0 Å². The number of aromatic amines is 1. The maximum atomic E-state index is 13.5. The van der Waals surface area contributed by atoms with Crippen LogP contribution in [0.15, 0.2) is 47.4 Å². The van der Waals surface area contributed by atoms with Gasteiger partial charge in [0.2, 0.25) is 0 Å². The number of imidazole rings is 1. The lowest BCUT2D eigenvalue weighted by molar-refractivity contribution is 0.322. The summed E-state index contributed by atoms with van der Waals surface area (Å²) in [7, 11) is 0. The molecule has 1 saturated carbocycles. The maximum absolute atomic E-state index is 13.5. The van der Waals surface area contributed by atoms with Crippen molar-refractivity contribution in [2.45, 2.75) is 84.2 Å². The Morgan fingerprint density at radius 2 is 1.79 bits per heavy atom. The lowest BCUT2D eigenvalue weighted by atomic mass is 9.87. The number of hydrogen-bond donors (Lipinski definition) is 1. The van der Waals surface area contributed by atoms with Gasteiger partial charge in [0, 0.05) is 23.9 Å². The number of benzene rings is 1. The molecule has 3 heterocycles. The molecule has 9 heteroatoms. The largest absolute Gasteiger partial charge is 0.329 e. The van der Waals surface area contributed by atoms with Crippen molar-refractivity contribution < 1.29 is 0 Å². The second kappa shape index (κ2) is 12.5. The number of unbranched alkanes of at least 4 members (excludes halogenated alkanes) is 2. The summed E-state index contributed by atoms with van der Waals surface area (Å²) in [6.45, 7) is 3.37. The first-order chi connectivity index (χ1) is 18.6. The van der Waals surface area contributed by atoms with Gasteiger partial charge in [0.05, 0.1) is 17.9 Å². The van der Waals surface area contributed by atoms with Gasteiger partial charge in [0.1, 0.15) is 5.15 Å². The van der Waals surface area contributed by atoms with Gasteiger partial charge in [-0.15, -0.1) is 5.10 Å². The molecular weight excluding hydrogens is 498 g/mol. The molecule has 1 N–H and O–H groups in total. The summed E-state index contributed by atoms with van der Waals surface area (Å²) in [5.41, 5.74) is 4.72. The molecular formula is C29H36ClN7O. The Morgan fingerprint density at radius 3 is 2.47 bits per heavy atom. The molecule has 1 aromatic carbocycles. The van der Waals surface area contributed by atoms with Gasteiger partial charge in [0.25, 0.3) is 0 Å². The van der Waals surface area contributed by atoms with Gasteiger partial charge >= 0.3 is 5.69 Å². The summed E-state index contributed by atoms with van der Waals surface area (Å²) in [6, 6.07) is 12.0. The molecule has 3 aromatic heterocycles. The Kier molecular flexibility index (Phi) is 8.68. The minimum absolute atomic E-state index is 0.00104. The summed E-state index contributed by atoms with van der Waals surface area (Å²) in [5, 5.41) is 14.6. The lowest BCUT2D eigenvalue weighted by Crippen LogP contribution is -2.26. The second-order valence-electron chi connectivity index (χ2n) is 10.4. The zero-order valence-electron chi connectivity index (χ0n) is 22.1. The van der Waals surface area contributed by atoms with E-state index in [2.05, 4.69) is 27.5 Å².